The molecule has 0 bridgehead atoms. The van der Waals surface area contributed by atoms with Crippen molar-refractivity contribution in [2.24, 2.45) is 0 Å². The highest BCUT2D eigenvalue weighted by Crippen LogP contribution is 2.25. The number of rotatable bonds is 5. The second kappa shape index (κ2) is 7.49. The van der Waals surface area contributed by atoms with E-state index in [2.05, 4.69) is 15.3 Å². The smallest absolute Gasteiger partial charge is 0.358 e. The molecule has 1 N–H and O–H groups in total. The lowest BCUT2D eigenvalue weighted by molar-refractivity contribution is 0.0519. The lowest BCUT2D eigenvalue weighted by Crippen LogP contribution is -2.29. The monoisotopic (exact) mass is 359 g/mol. The molecular formula is C18H25N5O3. The Morgan fingerprint density at radius 3 is 2.81 bits per heavy atom. The predicted molar refractivity (Wildman–Crippen MR) is 97.9 cm³/mol. The summed E-state index contributed by atoms with van der Waals surface area (Å²) in [4.78, 5) is 19.1. The Balaban J connectivity index is 1.70. The van der Waals surface area contributed by atoms with E-state index in [0.29, 0.717) is 18.3 Å². The number of ether oxygens (including phenoxy) is 2. The zero-order chi connectivity index (χ0) is 17.9. The summed E-state index contributed by atoms with van der Waals surface area (Å²) in [5, 5.41) is 8.01. The molecule has 0 aliphatic carbocycles. The molecule has 0 saturated carbocycles. The Morgan fingerprint density at radius 1 is 1.31 bits per heavy atom. The fourth-order valence-electron chi connectivity index (χ4n) is 3.53. The summed E-state index contributed by atoms with van der Waals surface area (Å²) in [6.45, 7) is 5.66. The van der Waals surface area contributed by atoms with Gasteiger partial charge in [0.2, 0.25) is 0 Å². The van der Waals surface area contributed by atoms with Crippen molar-refractivity contribution in [1.82, 2.24) is 14.6 Å². The van der Waals surface area contributed by atoms with E-state index < -0.39 is 5.97 Å². The molecule has 2 aliphatic heterocycles. The van der Waals surface area contributed by atoms with Crippen molar-refractivity contribution in [3.05, 3.63) is 17.8 Å². The highest BCUT2D eigenvalue weighted by atomic mass is 16.5. The highest BCUT2D eigenvalue weighted by Gasteiger charge is 2.21. The lowest BCUT2D eigenvalue weighted by atomic mass is 10.1. The van der Waals surface area contributed by atoms with Crippen LogP contribution in [0, 0.1) is 0 Å². The van der Waals surface area contributed by atoms with E-state index in [4.69, 9.17) is 14.5 Å². The summed E-state index contributed by atoms with van der Waals surface area (Å²) in [6, 6.07) is 4.07. The first-order valence-electron chi connectivity index (χ1n) is 9.42. The molecule has 26 heavy (non-hydrogen) atoms. The predicted octanol–water partition coefficient (Wildman–Crippen LogP) is 2.10. The number of esters is 1. The molecule has 0 radical (unpaired) electrons. The number of fused-ring (bicyclic) bond motifs is 1. The van der Waals surface area contributed by atoms with Gasteiger partial charge in [0.25, 0.3) is 0 Å². The summed E-state index contributed by atoms with van der Waals surface area (Å²) < 4.78 is 12.2. The number of carbonyl (C=O) groups is 1. The van der Waals surface area contributed by atoms with Gasteiger partial charge in [-0.2, -0.15) is 9.61 Å². The second-order valence-corrected chi connectivity index (χ2v) is 6.74. The van der Waals surface area contributed by atoms with E-state index in [1.54, 1.807) is 17.5 Å². The molecule has 2 aliphatic rings. The van der Waals surface area contributed by atoms with Crippen LogP contribution in [0.5, 0.6) is 0 Å². The van der Waals surface area contributed by atoms with Crippen molar-refractivity contribution < 1.29 is 14.3 Å². The van der Waals surface area contributed by atoms with Crippen LogP contribution in [0.1, 0.15) is 43.1 Å². The number of hydrogen-bond donors (Lipinski definition) is 1. The maximum absolute atomic E-state index is 12.1. The molecule has 0 unspecified atom stereocenters. The molecule has 0 atom stereocenters. The largest absolute Gasteiger partial charge is 0.461 e. The minimum Gasteiger partial charge on any atom is -0.461 e. The molecular weight excluding hydrogens is 334 g/mol. The van der Waals surface area contributed by atoms with Crippen molar-refractivity contribution in [3.8, 4) is 0 Å². The van der Waals surface area contributed by atoms with Gasteiger partial charge in [-0.25, -0.2) is 9.78 Å². The van der Waals surface area contributed by atoms with Gasteiger partial charge >= 0.3 is 5.97 Å². The van der Waals surface area contributed by atoms with Crippen molar-refractivity contribution >= 4 is 23.3 Å². The standard InChI is InChI=1S/C18H25N5O3/c1-2-26-18(24)14-11-16-20-15(22-7-3-4-8-22)12-17(23(16)21-14)19-13-5-9-25-10-6-13/h11-13,19H,2-10H2,1H3. The second-order valence-electron chi connectivity index (χ2n) is 6.74. The maximum atomic E-state index is 12.1. The molecule has 0 spiro atoms. The van der Waals surface area contributed by atoms with Gasteiger partial charge in [-0.05, 0) is 32.6 Å². The molecule has 2 aromatic rings. The van der Waals surface area contributed by atoms with Crippen molar-refractivity contribution in [1.29, 1.82) is 0 Å². The first kappa shape index (κ1) is 17.1. The third-order valence-electron chi connectivity index (χ3n) is 4.90. The van der Waals surface area contributed by atoms with Crippen LogP contribution in [0.4, 0.5) is 11.6 Å². The Labute approximate surface area is 152 Å². The molecule has 4 rings (SSSR count). The number of aromatic nitrogens is 3. The first-order chi connectivity index (χ1) is 12.7. The topological polar surface area (TPSA) is 81.0 Å². The number of nitrogens with one attached hydrogen (secondary N) is 1. The molecule has 2 fully saturated rings. The quantitative estimate of drug-likeness (QED) is 0.819. The zero-order valence-corrected chi connectivity index (χ0v) is 15.1. The summed E-state index contributed by atoms with van der Waals surface area (Å²) in [6.07, 6.45) is 4.27. The van der Waals surface area contributed by atoms with Crippen LogP contribution in [0.15, 0.2) is 12.1 Å². The van der Waals surface area contributed by atoms with E-state index in [-0.39, 0.29) is 5.69 Å². The molecule has 8 nitrogen and oxygen atoms in total. The van der Waals surface area contributed by atoms with Crippen molar-refractivity contribution in [3.63, 3.8) is 0 Å². The Bertz CT molecular complexity index is 778. The van der Waals surface area contributed by atoms with Crippen LogP contribution in [-0.2, 0) is 9.47 Å². The van der Waals surface area contributed by atoms with Crippen LogP contribution < -0.4 is 10.2 Å². The van der Waals surface area contributed by atoms with Gasteiger partial charge in [-0.15, -0.1) is 0 Å². The van der Waals surface area contributed by atoms with E-state index in [9.17, 15) is 4.79 Å². The summed E-state index contributed by atoms with van der Waals surface area (Å²) in [5.74, 6) is 1.37. The highest BCUT2D eigenvalue weighted by molar-refractivity contribution is 5.88. The Hall–Kier alpha value is -2.35. The Morgan fingerprint density at radius 2 is 2.08 bits per heavy atom. The number of hydrogen-bond acceptors (Lipinski definition) is 7. The molecule has 140 valence electrons. The number of carbonyl (C=O) groups excluding carboxylic acids is 1. The van der Waals surface area contributed by atoms with E-state index in [1.165, 1.54) is 12.8 Å². The number of anilines is 2. The van der Waals surface area contributed by atoms with Crippen LogP contribution in [0.25, 0.3) is 5.65 Å². The maximum Gasteiger partial charge on any atom is 0.358 e. The first-order valence-corrected chi connectivity index (χ1v) is 9.42. The van der Waals surface area contributed by atoms with Crippen LogP contribution in [-0.4, -0.2) is 59.5 Å². The van der Waals surface area contributed by atoms with E-state index in [1.807, 2.05) is 6.07 Å². The fraction of sp³-hybridized carbons (Fsp3) is 0.611. The van der Waals surface area contributed by atoms with Gasteiger partial charge < -0.3 is 19.7 Å². The van der Waals surface area contributed by atoms with Crippen LogP contribution in [0.2, 0.25) is 0 Å². The van der Waals surface area contributed by atoms with Gasteiger partial charge in [0, 0.05) is 44.5 Å². The molecule has 2 aromatic heterocycles. The van der Waals surface area contributed by atoms with Gasteiger partial charge in [-0.3, -0.25) is 0 Å². The molecule has 0 aromatic carbocycles. The summed E-state index contributed by atoms with van der Waals surface area (Å²) >= 11 is 0. The molecule has 2 saturated heterocycles. The zero-order valence-electron chi connectivity index (χ0n) is 15.1. The average Bonchev–Trinajstić information content (AvgIpc) is 3.32. The van der Waals surface area contributed by atoms with E-state index >= 15 is 0 Å². The van der Waals surface area contributed by atoms with Crippen LogP contribution in [0.3, 0.4) is 0 Å². The number of nitrogens with zero attached hydrogens (tertiary/aromatic N) is 4. The van der Waals surface area contributed by atoms with Crippen molar-refractivity contribution in [2.45, 2.75) is 38.6 Å². The molecule has 4 heterocycles. The van der Waals surface area contributed by atoms with E-state index in [0.717, 1.165) is 50.8 Å². The molecule has 0 amide bonds. The lowest BCUT2D eigenvalue weighted by Gasteiger charge is -2.25. The minimum atomic E-state index is -0.419. The normalized spacial score (nSPS) is 18.4. The third-order valence-corrected chi connectivity index (χ3v) is 4.90. The van der Waals surface area contributed by atoms with Crippen LogP contribution >= 0.6 is 0 Å². The van der Waals surface area contributed by atoms with Gasteiger partial charge in [0.05, 0.1) is 6.61 Å². The van der Waals surface area contributed by atoms with Gasteiger partial charge in [-0.1, -0.05) is 0 Å². The van der Waals surface area contributed by atoms with Gasteiger partial charge in [0.15, 0.2) is 11.3 Å². The molecule has 8 heteroatoms. The average molecular weight is 359 g/mol. The SMILES string of the molecule is CCOC(=O)c1cc2nc(N3CCCC3)cc(NC3CCOCC3)n2n1. The summed E-state index contributed by atoms with van der Waals surface area (Å²) in [7, 11) is 0. The minimum absolute atomic E-state index is 0.285. The van der Waals surface area contributed by atoms with Crippen molar-refractivity contribution in [2.75, 3.05) is 43.1 Å². The van der Waals surface area contributed by atoms with Gasteiger partial charge in [0.1, 0.15) is 11.6 Å². The third kappa shape index (κ3) is 3.46. The fourth-order valence-corrected chi connectivity index (χ4v) is 3.53. The Kier molecular flexibility index (Phi) is 4.92. The summed E-state index contributed by atoms with van der Waals surface area (Å²) in [5.41, 5.74) is 0.944.